The molecule has 0 bridgehead atoms. The number of ether oxygens (including phenoxy) is 1. The van der Waals surface area contributed by atoms with Gasteiger partial charge in [-0.3, -0.25) is 4.79 Å². The van der Waals surface area contributed by atoms with Crippen LogP contribution < -0.4 is 0 Å². The smallest absolute Gasteiger partial charge is 0.132 e. The molecular weight excluding hydrogens is 144 g/mol. The van der Waals surface area contributed by atoms with E-state index in [0.29, 0.717) is 0 Å². The molecule has 0 aromatic rings. The Morgan fingerprint density at radius 1 is 1.55 bits per heavy atom. The van der Waals surface area contributed by atoms with Crippen molar-refractivity contribution in [3.63, 3.8) is 0 Å². The van der Waals surface area contributed by atoms with Crippen LogP contribution in [-0.2, 0) is 9.53 Å². The van der Waals surface area contributed by atoms with Gasteiger partial charge in [0.05, 0.1) is 18.8 Å². The molecule has 1 rings (SSSR count). The maximum atomic E-state index is 10.3. The second-order valence-corrected chi connectivity index (χ2v) is 3.30. The van der Waals surface area contributed by atoms with Gasteiger partial charge in [0.2, 0.25) is 0 Å². The Bertz CT molecular complexity index is 119. The van der Waals surface area contributed by atoms with E-state index in [-0.39, 0.29) is 12.2 Å². The molecule has 0 atom stereocenters. The zero-order chi connectivity index (χ0) is 8.91. The lowest BCUT2D eigenvalue weighted by molar-refractivity contribution is -0.120. The van der Waals surface area contributed by atoms with Crippen molar-refractivity contribution >= 4 is 5.78 Å². The van der Waals surface area contributed by atoms with Crippen molar-refractivity contribution in [2.24, 2.45) is 0 Å². The number of hydrogen-bond acceptors (Lipinski definition) is 3. The predicted molar refractivity (Wildman–Crippen MR) is 42.4 cm³/mol. The van der Waals surface area contributed by atoms with Crippen molar-refractivity contribution in [2.75, 3.05) is 13.2 Å². The topological polar surface area (TPSA) is 49.8 Å². The molecule has 3 heteroatoms. The van der Waals surface area contributed by atoms with Gasteiger partial charge in [0.1, 0.15) is 5.78 Å². The van der Waals surface area contributed by atoms with Crippen LogP contribution in [0.5, 0.6) is 0 Å². The summed E-state index contributed by atoms with van der Waals surface area (Å²) >= 11 is 0. The summed E-state index contributed by atoms with van der Waals surface area (Å²) in [6, 6.07) is 0. The van der Waals surface area contributed by atoms with Crippen molar-refractivity contribution in [2.45, 2.75) is 32.8 Å². The van der Waals surface area contributed by atoms with Crippen molar-refractivity contribution in [1.82, 2.24) is 0 Å². The van der Waals surface area contributed by atoms with E-state index >= 15 is 0 Å². The Labute approximate surface area is 67.4 Å². The number of hydrogen-bond donors (Lipinski definition) is 1. The Morgan fingerprint density at radius 3 is 1.91 bits per heavy atom. The third-order valence-electron chi connectivity index (χ3n) is 0.886. The molecule has 3 nitrogen and oxygen atoms in total. The highest BCUT2D eigenvalue weighted by atomic mass is 16.6. The van der Waals surface area contributed by atoms with Crippen LogP contribution in [0, 0.1) is 0 Å². The maximum Gasteiger partial charge on any atom is 0.132 e. The van der Waals surface area contributed by atoms with Gasteiger partial charge >= 0.3 is 0 Å². The summed E-state index contributed by atoms with van der Waals surface area (Å²) in [5, 5.41) is 8.97. The summed E-state index contributed by atoms with van der Waals surface area (Å²) in [5.74, 6) is 0.0255. The van der Waals surface area contributed by atoms with Gasteiger partial charge in [-0.05, 0) is 20.8 Å². The lowest BCUT2D eigenvalue weighted by Gasteiger charge is -2.13. The maximum absolute atomic E-state index is 10.3. The fourth-order valence-corrected chi connectivity index (χ4v) is 0.609. The summed E-state index contributed by atoms with van der Waals surface area (Å²) in [7, 11) is 0. The van der Waals surface area contributed by atoms with Crippen molar-refractivity contribution in [3.8, 4) is 0 Å². The van der Waals surface area contributed by atoms with Crippen LogP contribution in [0.3, 0.4) is 0 Å². The number of carbonyl (C=O) groups excluding carboxylic acids is 1. The van der Waals surface area contributed by atoms with Gasteiger partial charge < -0.3 is 9.84 Å². The first-order valence-electron chi connectivity index (χ1n) is 3.71. The normalized spacial score (nSPS) is 14.9. The van der Waals surface area contributed by atoms with Gasteiger partial charge in [-0.25, -0.2) is 0 Å². The molecule has 0 radical (unpaired) electrons. The van der Waals surface area contributed by atoms with E-state index in [1.54, 1.807) is 13.8 Å². The zero-order valence-corrected chi connectivity index (χ0v) is 7.39. The van der Waals surface area contributed by atoms with Gasteiger partial charge in [-0.1, -0.05) is 0 Å². The number of Topliss-reactive ketones (excluding diaryl/α,β-unsaturated/α-hetero) is 1. The summed E-state index contributed by atoms with van der Waals surface area (Å²) in [6.45, 7) is 6.71. The third kappa shape index (κ3) is 17.7. The summed E-state index contributed by atoms with van der Waals surface area (Å²) in [6.07, 6.45) is 0.243. The molecule has 0 unspecified atom stereocenters. The van der Waals surface area contributed by atoms with Crippen molar-refractivity contribution in [3.05, 3.63) is 0 Å². The molecule has 0 amide bonds. The number of rotatable bonds is 2. The van der Waals surface area contributed by atoms with Crippen LogP contribution in [0.4, 0.5) is 0 Å². The molecule has 0 aromatic carbocycles. The van der Waals surface area contributed by atoms with Gasteiger partial charge in [0, 0.05) is 6.42 Å². The summed E-state index contributed by atoms with van der Waals surface area (Å²) in [4.78, 5) is 10.3. The van der Waals surface area contributed by atoms with E-state index in [2.05, 4.69) is 4.74 Å². The highest BCUT2D eigenvalue weighted by Crippen LogP contribution is 2.06. The minimum Gasteiger partial charge on any atom is -0.390 e. The van der Waals surface area contributed by atoms with Crippen LogP contribution in [0.15, 0.2) is 0 Å². The molecule has 1 heterocycles. The highest BCUT2D eigenvalue weighted by Gasteiger charge is 2.13. The average molecular weight is 160 g/mol. The van der Waals surface area contributed by atoms with Crippen LogP contribution >= 0.6 is 0 Å². The molecule has 0 saturated carbocycles. The van der Waals surface area contributed by atoms with Crippen LogP contribution in [-0.4, -0.2) is 29.7 Å². The van der Waals surface area contributed by atoms with Crippen molar-refractivity contribution in [1.29, 1.82) is 0 Å². The Kier molecular flexibility index (Phi) is 4.30. The van der Waals surface area contributed by atoms with E-state index in [1.807, 2.05) is 0 Å². The second-order valence-electron chi connectivity index (χ2n) is 3.30. The molecule has 1 fully saturated rings. The summed E-state index contributed by atoms with van der Waals surface area (Å²) in [5.41, 5.74) is -0.828. The average Bonchev–Trinajstić information content (AvgIpc) is 2.33. The van der Waals surface area contributed by atoms with E-state index < -0.39 is 5.60 Å². The minimum absolute atomic E-state index is 0.0255. The lowest BCUT2D eigenvalue weighted by Crippen LogP contribution is -2.21. The number of aliphatic hydroxyl groups is 1. The molecule has 66 valence electrons. The standard InChI is InChI=1S/C6H12O2.C2H4O/c1-5(7)4-6(2,3)8;1-2-3-1/h8H,4H2,1-3H3;1-2H2. The van der Waals surface area contributed by atoms with Crippen LogP contribution in [0.2, 0.25) is 0 Å². The van der Waals surface area contributed by atoms with Gasteiger partial charge in [-0.15, -0.1) is 0 Å². The molecular formula is C8H16O3. The highest BCUT2D eigenvalue weighted by molar-refractivity contribution is 5.76. The SMILES string of the molecule is C1CO1.CC(=O)CC(C)(C)O. The first kappa shape index (κ1) is 10.6. The molecule has 1 aliphatic heterocycles. The third-order valence-corrected chi connectivity index (χ3v) is 0.886. The quantitative estimate of drug-likeness (QED) is 0.606. The number of carbonyl (C=O) groups is 1. The molecule has 11 heavy (non-hydrogen) atoms. The largest absolute Gasteiger partial charge is 0.390 e. The van der Waals surface area contributed by atoms with Crippen LogP contribution in [0.1, 0.15) is 27.2 Å². The van der Waals surface area contributed by atoms with E-state index in [4.69, 9.17) is 5.11 Å². The fraction of sp³-hybridized carbons (Fsp3) is 0.875. The van der Waals surface area contributed by atoms with Gasteiger partial charge in [0.25, 0.3) is 0 Å². The van der Waals surface area contributed by atoms with Gasteiger partial charge in [0.15, 0.2) is 0 Å². The van der Waals surface area contributed by atoms with E-state index in [9.17, 15) is 4.79 Å². The Balaban J connectivity index is 0.000000271. The molecule has 1 N–H and O–H groups in total. The molecule has 0 aromatic heterocycles. The minimum atomic E-state index is -0.828. The van der Waals surface area contributed by atoms with Crippen molar-refractivity contribution < 1.29 is 14.6 Å². The lowest BCUT2D eigenvalue weighted by atomic mass is 10.0. The van der Waals surface area contributed by atoms with Crippen LogP contribution in [0.25, 0.3) is 0 Å². The second kappa shape index (κ2) is 4.46. The van der Waals surface area contributed by atoms with E-state index in [1.165, 1.54) is 6.92 Å². The number of epoxide rings is 1. The van der Waals surface area contributed by atoms with E-state index in [0.717, 1.165) is 13.2 Å². The molecule has 0 spiro atoms. The van der Waals surface area contributed by atoms with Gasteiger partial charge in [-0.2, -0.15) is 0 Å². The zero-order valence-electron chi connectivity index (χ0n) is 7.39. The Hall–Kier alpha value is -0.410. The molecule has 0 aliphatic carbocycles. The first-order chi connectivity index (χ1) is 4.92. The predicted octanol–water partition coefficient (Wildman–Crippen LogP) is 0.753. The summed E-state index contributed by atoms with van der Waals surface area (Å²) < 4.78 is 4.50. The Morgan fingerprint density at radius 2 is 1.91 bits per heavy atom. The first-order valence-corrected chi connectivity index (χ1v) is 3.71. The molecule has 1 saturated heterocycles. The number of ketones is 1. The fourth-order valence-electron chi connectivity index (χ4n) is 0.609. The monoisotopic (exact) mass is 160 g/mol. The molecule has 1 aliphatic rings.